The molecule has 1 aromatic carbocycles. The number of nitrogens with zero attached hydrogens (tertiary/aromatic N) is 2. The summed E-state index contributed by atoms with van der Waals surface area (Å²) in [5, 5.41) is 0. The molecule has 0 fully saturated rings. The smallest absolute Gasteiger partial charge is 0.222 e. The van der Waals surface area contributed by atoms with Gasteiger partial charge in [0.1, 0.15) is 5.52 Å². The summed E-state index contributed by atoms with van der Waals surface area (Å²) in [5.41, 5.74) is 8.18. The average molecular weight is 261 g/mol. The molecule has 0 atom stereocenters. The zero-order chi connectivity index (χ0) is 13.7. The zero-order valence-corrected chi connectivity index (χ0v) is 11.1. The number of fused-ring (bicyclic) bond motifs is 1. The fraction of sp³-hybridized carbons (Fsp3) is 0.429. The lowest BCUT2D eigenvalue weighted by molar-refractivity contribution is -0.129. The Balaban J connectivity index is 1.88. The minimum Gasteiger partial charge on any atom is -0.443 e. The molecule has 0 aliphatic rings. The van der Waals surface area contributed by atoms with Gasteiger partial charge in [-0.25, -0.2) is 4.98 Å². The molecule has 0 saturated carbocycles. The van der Waals surface area contributed by atoms with Crippen LogP contribution in [0.4, 0.5) is 0 Å². The van der Waals surface area contributed by atoms with E-state index in [1.165, 1.54) is 6.39 Å². The van der Waals surface area contributed by atoms with E-state index >= 15 is 0 Å². The highest BCUT2D eigenvalue weighted by atomic mass is 16.3. The first-order chi connectivity index (χ1) is 9.20. The number of amides is 1. The summed E-state index contributed by atoms with van der Waals surface area (Å²) >= 11 is 0. The quantitative estimate of drug-likeness (QED) is 0.856. The lowest BCUT2D eigenvalue weighted by Crippen LogP contribution is -2.29. The van der Waals surface area contributed by atoms with Crippen molar-refractivity contribution in [3.8, 4) is 0 Å². The Hall–Kier alpha value is -1.88. The summed E-state index contributed by atoms with van der Waals surface area (Å²) in [6.45, 7) is 1.25. The number of carbonyl (C=O) groups is 1. The van der Waals surface area contributed by atoms with E-state index in [0.29, 0.717) is 19.5 Å². The highest BCUT2D eigenvalue weighted by Crippen LogP contribution is 2.14. The third-order valence-electron chi connectivity index (χ3n) is 3.15. The Morgan fingerprint density at radius 3 is 3.11 bits per heavy atom. The number of nitrogens with two attached hydrogens (primary N) is 1. The Kier molecular flexibility index (Phi) is 4.52. The van der Waals surface area contributed by atoms with Crippen LogP contribution < -0.4 is 5.73 Å². The lowest BCUT2D eigenvalue weighted by atomic mass is 10.1. The van der Waals surface area contributed by atoms with Gasteiger partial charge in [0.2, 0.25) is 5.91 Å². The Labute approximate surface area is 112 Å². The second-order valence-corrected chi connectivity index (χ2v) is 4.61. The molecule has 0 saturated heterocycles. The van der Waals surface area contributed by atoms with Gasteiger partial charge in [-0.1, -0.05) is 6.07 Å². The zero-order valence-electron chi connectivity index (χ0n) is 11.1. The summed E-state index contributed by atoms with van der Waals surface area (Å²) in [7, 11) is 1.83. The molecule has 1 heterocycles. The predicted molar refractivity (Wildman–Crippen MR) is 73.6 cm³/mol. The fourth-order valence-corrected chi connectivity index (χ4v) is 1.92. The summed E-state index contributed by atoms with van der Waals surface area (Å²) < 4.78 is 5.26. The van der Waals surface area contributed by atoms with E-state index in [1.807, 2.05) is 25.2 Å². The van der Waals surface area contributed by atoms with Gasteiger partial charge in [-0.05, 0) is 37.1 Å². The van der Waals surface area contributed by atoms with Crippen molar-refractivity contribution in [2.45, 2.75) is 19.3 Å². The molecule has 2 N–H and O–H groups in total. The van der Waals surface area contributed by atoms with Crippen molar-refractivity contribution in [3.63, 3.8) is 0 Å². The van der Waals surface area contributed by atoms with E-state index in [1.54, 1.807) is 4.90 Å². The summed E-state index contributed by atoms with van der Waals surface area (Å²) in [6, 6.07) is 5.92. The average Bonchev–Trinajstić information content (AvgIpc) is 2.89. The van der Waals surface area contributed by atoms with E-state index in [-0.39, 0.29) is 5.91 Å². The molecular formula is C14H19N3O2. The SMILES string of the molecule is CN(CCc1ccc2ncoc2c1)C(=O)CCCN. The standard InChI is InChI=1S/C14H19N3O2/c1-17(14(18)3-2-7-15)8-6-11-4-5-12-13(9-11)19-10-16-12/h4-5,9-10H,2-3,6-8,15H2,1H3. The van der Waals surface area contributed by atoms with Gasteiger partial charge in [-0.2, -0.15) is 0 Å². The van der Waals surface area contributed by atoms with Gasteiger partial charge in [0.25, 0.3) is 0 Å². The van der Waals surface area contributed by atoms with E-state index in [9.17, 15) is 4.79 Å². The van der Waals surface area contributed by atoms with E-state index < -0.39 is 0 Å². The minimum absolute atomic E-state index is 0.145. The number of aromatic nitrogens is 1. The predicted octanol–water partition coefficient (Wildman–Crippen LogP) is 1.57. The van der Waals surface area contributed by atoms with Crippen molar-refractivity contribution in [1.82, 2.24) is 9.88 Å². The Morgan fingerprint density at radius 1 is 1.47 bits per heavy atom. The van der Waals surface area contributed by atoms with Crippen molar-refractivity contribution in [2.75, 3.05) is 20.1 Å². The molecule has 1 amide bonds. The Bertz CT molecular complexity index is 550. The van der Waals surface area contributed by atoms with Crippen molar-refractivity contribution in [2.24, 2.45) is 5.73 Å². The molecule has 5 nitrogen and oxygen atoms in total. The van der Waals surface area contributed by atoms with E-state index in [4.69, 9.17) is 10.2 Å². The highest BCUT2D eigenvalue weighted by molar-refractivity contribution is 5.76. The van der Waals surface area contributed by atoms with Crippen LogP contribution in [0.2, 0.25) is 0 Å². The number of carbonyl (C=O) groups excluding carboxylic acids is 1. The van der Waals surface area contributed by atoms with Crippen molar-refractivity contribution >= 4 is 17.0 Å². The molecule has 2 rings (SSSR count). The Morgan fingerprint density at radius 2 is 2.32 bits per heavy atom. The molecule has 19 heavy (non-hydrogen) atoms. The first-order valence-electron chi connectivity index (χ1n) is 6.47. The molecule has 2 aromatic rings. The van der Waals surface area contributed by atoms with Crippen molar-refractivity contribution < 1.29 is 9.21 Å². The van der Waals surface area contributed by atoms with E-state index in [0.717, 1.165) is 29.5 Å². The number of benzene rings is 1. The third kappa shape index (κ3) is 3.54. The molecule has 5 heteroatoms. The molecule has 0 unspecified atom stereocenters. The maximum atomic E-state index is 11.7. The van der Waals surface area contributed by atoms with Crippen LogP contribution in [0.1, 0.15) is 18.4 Å². The summed E-state index contributed by atoms with van der Waals surface area (Å²) in [6.07, 6.45) is 3.51. The molecule has 0 aliphatic carbocycles. The van der Waals surface area contributed by atoms with Gasteiger partial charge in [-0.15, -0.1) is 0 Å². The van der Waals surface area contributed by atoms with Crippen molar-refractivity contribution in [1.29, 1.82) is 0 Å². The lowest BCUT2D eigenvalue weighted by Gasteiger charge is -2.16. The summed E-state index contributed by atoms with van der Waals surface area (Å²) in [5.74, 6) is 0.145. The molecular weight excluding hydrogens is 242 g/mol. The largest absolute Gasteiger partial charge is 0.443 e. The van der Waals surface area contributed by atoms with Gasteiger partial charge in [0, 0.05) is 20.0 Å². The monoisotopic (exact) mass is 261 g/mol. The number of hydrogen-bond donors (Lipinski definition) is 1. The van der Waals surface area contributed by atoms with Crippen LogP contribution in [0, 0.1) is 0 Å². The topological polar surface area (TPSA) is 72.4 Å². The van der Waals surface area contributed by atoms with Gasteiger partial charge >= 0.3 is 0 Å². The van der Waals surface area contributed by atoms with Crippen LogP contribution in [0.3, 0.4) is 0 Å². The van der Waals surface area contributed by atoms with E-state index in [2.05, 4.69) is 4.98 Å². The first kappa shape index (κ1) is 13.5. The number of likely N-dealkylation sites (N-methyl/N-ethyl adjacent to an activating group) is 1. The maximum absolute atomic E-state index is 11.7. The molecule has 1 aromatic heterocycles. The molecule has 102 valence electrons. The molecule has 0 aliphatic heterocycles. The van der Waals surface area contributed by atoms with Crippen LogP contribution in [0.25, 0.3) is 11.1 Å². The number of oxazole rings is 1. The normalized spacial score (nSPS) is 10.8. The van der Waals surface area contributed by atoms with Gasteiger partial charge in [0.05, 0.1) is 0 Å². The number of hydrogen-bond acceptors (Lipinski definition) is 4. The molecule has 0 radical (unpaired) electrons. The van der Waals surface area contributed by atoms with Crippen LogP contribution in [0.15, 0.2) is 29.0 Å². The second kappa shape index (κ2) is 6.33. The molecule has 0 bridgehead atoms. The van der Waals surface area contributed by atoms with Gasteiger partial charge in [0.15, 0.2) is 12.0 Å². The van der Waals surface area contributed by atoms with Crippen LogP contribution >= 0.6 is 0 Å². The minimum atomic E-state index is 0.145. The van der Waals surface area contributed by atoms with Crippen LogP contribution in [0.5, 0.6) is 0 Å². The fourth-order valence-electron chi connectivity index (χ4n) is 1.92. The van der Waals surface area contributed by atoms with Crippen molar-refractivity contribution in [3.05, 3.63) is 30.2 Å². The second-order valence-electron chi connectivity index (χ2n) is 4.61. The summed E-state index contributed by atoms with van der Waals surface area (Å²) in [4.78, 5) is 17.6. The van der Waals surface area contributed by atoms with Crippen LogP contribution in [-0.2, 0) is 11.2 Å². The van der Waals surface area contributed by atoms with Gasteiger partial charge in [-0.3, -0.25) is 4.79 Å². The number of rotatable bonds is 6. The maximum Gasteiger partial charge on any atom is 0.222 e. The molecule has 0 spiro atoms. The highest BCUT2D eigenvalue weighted by Gasteiger charge is 2.08. The van der Waals surface area contributed by atoms with Crippen LogP contribution in [-0.4, -0.2) is 35.9 Å². The first-order valence-corrected chi connectivity index (χ1v) is 6.47. The third-order valence-corrected chi connectivity index (χ3v) is 3.15. The van der Waals surface area contributed by atoms with Gasteiger partial charge < -0.3 is 15.1 Å².